The summed E-state index contributed by atoms with van der Waals surface area (Å²) < 4.78 is 17.8. The van der Waals surface area contributed by atoms with Gasteiger partial charge in [0.25, 0.3) is 0 Å². The molecule has 8 atom stereocenters. The molecule has 252 valence electrons. The Hall–Kier alpha value is -3.41. The zero-order valence-electron chi connectivity index (χ0n) is 28.0. The molecule has 3 heterocycles. The first-order valence-corrected chi connectivity index (χ1v) is 16.0. The topological polar surface area (TPSA) is 138 Å². The van der Waals surface area contributed by atoms with Crippen molar-refractivity contribution in [2.45, 2.75) is 103 Å². The highest BCUT2D eigenvalue weighted by molar-refractivity contribution is 6.34. The van der Waals surface area contributed by atoms with Crippen LogP contribution in [0, 0.1) is 18.8 Å². The standard InChI is InChI=1S/C34H46ClN3O8/c1-18-11-10-12-20(3)34(43)17-26(44-32(42)36-34)21(4)30-33(7,46-30)27(45-31(41)22(5)37(8)23(6)39)16-28(40)38(9)25-15-24(13-18)14-19(2)29(25)35/h10-12,14-15,20-22,26-27,30,43H,13,16-17H2,1-9H3,(H,36,42)/b12-10+,18-11+/t20-,21-,22+,26+,27+,30+,33-,34+/m1/s1. The van der Waals surface area contributed by atoms with Crippen molar-refractivity contribution in [3.05, 3.63) is 52.1 Å². The summed E-state index contributed by atoms with van der Waals surface area (Å²) in [5.41, 5.74) is 0.578. The summed E-state index contributed by atoms with van der Waals surface area (Å²) in [5, 5.41) is 14.6. The van der Waals surface area contributed by atoms with Crippen LogP contribution in [0.2, 0.25) is 5.02 Å². The molecule has 1 aromatic rings. The Bertz CT molecular complexity index is 1460. The molecule has 4 rings (SSSR count). The van der Waals surface area contributed by atoms with Gasteiger partial charge in [0, 0.05) is 39.3 Å². The maximum atomic E-state index is 13.9. The number of carbonyl (C=O) groups excluding carboxylic acids is 4. The number of allylic oxidation sites excluding steroid dienone is 3. The Kier molecular flexibility index (Phi) is 10.3. The van der Waals surface area contributed by atoms with Gasteiger partial charge in [-0.25, -0.2) is 9.59 Å². The van der Waals surface area contributed by atoms with Gasteiger partial charge in [0.15, 0.2) is 0 Å². The second kappa shape index (κ2) is 13.4. The van der Waals surface area contributed by atoms with Crippen LogP contribution in [0.15, 0.2) is 35.9 Å². The Morgan fingerprint density at radius 1 is 1.24 bits per heavy atom. The molecule has 2 fully saturated rings. The minimum Gasteiger partial charge on any atom is -0.457 e. The molecule has 3 amide bonds. The van der Waals surface area contributed by atoms with Crippen LogP contribution in [0.25, 0.3) is 0 Å². The third-order valence-corrected chi connectivity index (χ3v) is 10.3. The van der Waals surface area contributed by atoms with Gasteiger partial charge in [-0.15, -0.1) is 0 Å². The van der Waals surface area contributed by atoms with Crippen molar-refractivity contribution in [3.63, 3.8) is 0 Å². The lowest BCUT2D eigenvalue weighted by Gasteiger charge is -2.41. The predicted octanol–water partition coefficient (Wildman–Crippen LogP) is 4.46. The fourth-order valence-electron chi connectivity index (χ4n) is 6.22. The largest absolute Gasteiger partial charge is 0.457 e. The molecular weight excluding hydrogens is 614 g/mol. The summed E-state index contributed by atoms with van der Waals surface area (Å²) >= 11 is 6.72. The summed E-state index contributed by atoms with van der Waals surface area (Å²) in [6.45, 7) is 12.1. The summed E-state index contributed by atoms with van der Waals surface area (Å²) in [5.74, 6) is -2.28. The number of aliphatic hydroxyl groups is 1. The van der Waals surface area contributed by atoms with Crippen LogP contribution in [0.5, 0.6) is 0 Å². The van der Waals surface area contributed by atoms with Crippen molar-refractivity contribution >= 4 is 41.2 Å². The Morgan fingerprint density at radius 3 is 2.57 bits per heavy atom. The number of carbonyl (C=O) groups is 4. The molecule has 2 N–H and O–H groups in total. The van der Waals surface area contributed by atoms with Gasteiger partial charge in [-0.05, 0) is 51.3 Å². The van der Waals surface area contributed by atoms with E-state index in [2.05, 4.69) is 5.32 Å². The van der Waals surface area contributed by atoms with E-state index < -0.39 is 59.6 Å². The summed E-state index contributed by atoms with van der Waals surface area (Å²) in [4.78, 5) is 54.6. The number of aryl methyl sites for hydroxylation is 1. The lowest BCUT2D eigenvalue weighted by atomic mass is 9.82. The van der Waals surface area contributed by atoms with Crippen LogP contribution >= 0.6 is 11.6 Å². The molecular formula is C34H46ClN3O8. The van der Waals surface area contributed by atoms with Gasteiger partial charge < -0.3 is 29.1 Å². The first-order chi connectivity index (χ1) is 21.4. The summed E-state index contributed by atoms with van der Waals surface area (Å²) in [6, 6.07) is 2.93. The predicted molar refractivity (Wildman–Crippen MR) is 173 cm³/mol. The van der Waals surface area contributed by atoms with E-state index in [1.807, 2.05) is 58.1 Å². The molecule has 0 aliphatic carbocycles. The average molecular weight is 660 g/mol. The normalized spacial score (nSPS) is 34.2. The highest BCUT2D eigenvalue weighted by Gasteiger charge is 2.64. The van der Waals surface area contributed by atoms with E-state index in [4.69, 9.17) is 25.8 Å². The molecule has 1 aromatic carbocycles. The monoisotopic (exact) mass is 659 g/mol. The molecule has 46 heavy (non-hydrogen) atoms. The number of hydrogen-bond acceptors (Lipinski definition) is 8. The molecule has 0 aromatic heterocycles. The number of ether oxygens (including phenoxy) is 3. The lowest BCUT2D eigenvalue weighted by Crippen LogP contribution is -2.60. The third-order valence-electron chi connectivity index (χ3n) is 9.77. The molecule has 11 nitrogen and oxygen atoms in total. The molecule has 0 radical (unpaired) electrons. The smallest absolute Gasteiger partial charge is 0.409 e. The van der Waals surface area contributed by atoms with E-state index in [-0.39, 0.29) is 24.7 Å². The number of amides is 3. The van der Waals surface area contributed by atoms with Crippen molar-refractivity contribution < 1.29 is 38.5 Å². The van der Waals surface area contributed by atoms with Gasteiger partial charge in [-0.1, -0.05) is 55.3 Å². The zero-order valence-corrected chi connectivity index (χ0v) is 28.8. The van der Waals surface area contributed by atoms with Crippen LogP contribution < -0.4 is 10.2 Å². The van der Waals surface area contributed by atoms with Gasteiger partial charge in [-0.3, -0.25) is 14.9 Å². The number of nitrogens with zero attached hydrogens (tertiary/aromatic N) is 2. The first-order valence-electron chi connectivity index (χ1n) is 15.6. The van der Waals surface area contributed by atoms with Crippen molar-refractivity contribution in [1.29, 1.82) is 0 Å². The number of hydrogen-bond donors (Lipinski definition) is 2. The fraction of sp³-hybridized carbons (Fsp3) is 0.588. The number of alkyl carbamates (subject to hydrolysis) is 1. The molecule has 3 aliphatic rings. The van der Waals surface area contributed by atoms with Crippen LogP contribution in [-0.4, -0.2) is 83.7 Å². The maximum Gasteiger partial charge on any atom is 0.409 e. The maximum absolute atomic E-state index is 13.9. The molecule has 0 spiro atoms. The number of esters is 1. The van der Waals surface area contributed by atoms with Crippen LogP contribution in [0.1, 0.15) is 65.5 Å². The van der Waals surface area contributed by atoms with E-state index in [1.165, 1.54) is 23.8 Å². The van der Waals surface area contributed by atoms with Crippen molar-refractivity contribution in [1.82, 2.24) is 10.2 Å². The van der Waals surface area contributed by atoms with Gasteiger partial charge in [0.1, 0.15) is 29.6 Å². The summed E-state index contributed by atoms with van der Waals surface area (Å²) in [7, 11) is 3.12. The molecule has 4 bridgehead atoms. The van der Waals surface area contributed by atoms with Crippen molar-refractivity contribution in [3.8, 4) is 0 Å². The quantitative estimate of drug-likeness (QED) is 0.359. The second-order valence-electron chi connectivity index (χ2n) is 13.3. The van der Waals surface area contributed by atoms with Crippen molar-refractivity contribution in [2.75, 3.05) is 19.0 Å². The SMILES string of the molecule is CC(=O)N(C)[C@@H](C)C(=O)O[C@H]1CC(=O)N(C)c2cc(cc(C)c2Cl)C/C(C)=C/C=C/[C@@H](C)[C@@]2(O)C[C@H](OC(=O)N2)[C@@H](C)[C@@H]2O[C@]12C. The van der Waals surface area contributed by atoms with Crippen LogP contribution in [0.3, 0.4) is 0 Å². The molecule has 3 aliphatic heterocycles. The number of nitrogens with one attached hydrogen (secondary N) is 1. The molecule has 0 saturated carbocycles. The van der Waals surface area contributed by atoms with Crippen LogP contribution in [-0.2, 0) is 35.0 Å². The van der Waals surface area contributed by atoms with E-state index >= 15 is 0 Å². The highest BCUT2D eigenvalue weighted by Crippen LogP contribution is 2.49. The first kappa shape index (κ1) is 35.4. The lowest BCUT2D eigenvalue weighted by molar-refractivity contribution is -0.161. The van der Waals surface area contributed by atoms with E-state index in [0.29, 0.717) is 17.1 Å². The average Bonchev–Trinajstić information content (AvgIpc) is 3.68. The fourth-order valence-corrected chi connectivity index (χ4v) is 6.45. The van der Waals surface area contributed by atoms with E-state index in [0.717, 1.165) is 16.7 Å². The summed E-state index contributed by atoms with van der Waals surface area (Å²) in [6.07, 6.45) is 2.93. The third kappa shape index (κ3) is 7.26. The molecule has 12 heteroatoms. The Labute approximate surface area is 275 Å². The van der Waals surface area contributed by atoms with Gasteiger partial charge in [0.2, 0.25) is 11.8 Å². The number of anilines is 1. The van der Waals surface area contributed by atoms with Crippen LogP contribution in [0.4, 0.5) is 10.5 Å². The van der Waals surface area contributed by atoms with Gasteiger partial charge in [-0.2, -0.15) is 0 Å². The number of benzene rings is 1. The van der Waals surface area contributed by atoms with E-state index in [9.17, 15) is 24.3 Å². The molecule has 2 saturated heterocycles. The number of likely N-dealkylation sites (N-methyl/N-ethyl adjacent to an activating group) is 1. The van der Waals surface area contributed by atoms with E-state index in [1.54, 1.807) is 20.9 Å². The second-order valence-corrected chi connectivity index (χ2v) is 13.7. The van der Waals surface area contributed by atoms with Gasteiger partial charge >= 0.3 is 12.1 Å². The molecule has 0 unspecified atom stereocenters. The zero-order chi connectivity index (χ0) is 34.3. The minimum absolute atomic E-state index is 0.0836. The van der Waals surface area contributed by atoms with Crippen molar-refractivity contribution in [2.24, 2.45) is 11.8 Å². The Morgan fingerprint density at radius 2 is 1.91 bits per heavy atom. The number of fused-ring (bicyclic) bond motifs is 5. The number of rotatable bonds is 3. The van der Waals surface area contributed by atoms with Gasteiger partial charge in [0.05, 0.1) is 23.2 Å². The number of halogens is 1. The minimum atomic E-state index is -1.58. The Balaban J connectivity index is 1.76. The number of epoxide rings is 1. The highest BCUT2D eigenvalue weighted by atomic mass is 35.5.